The standard InChI is InChI=1S/C15H19N3/c1-2-6-15(18-9-8-17-12-18)14(5-1)10-13-4-3-7-16-11-13/h1-2,5-6,8-9,12-13,16H,3-4,7,10-11H2. The fraction of sp³-hybridized carbons (Fsp3) is 0.400. The molecule has 1 atom stereocenters. The maximum atomic E-state index is 4.14. The normalized spacial score (nSPS) is 19.9. The minimum absolute atomic E-state index is 0.767. The van der Waals surface area contributed by atoms with Gasteiger partial charge in [-0.3, -0.25) is 0 Å². The fourth-order valence-corrected chi connectivity index (χ4v) is 2.75. The molecule has 1 aromatic heterocycles. The van der Waals surface area contributed by atoms with E-state index in [-0.39, 0.29) is 0 Å². The van der Waals surface area contributed by atoms with Crippen LogP contribution in [0.3, 0.4) is 0 Å². The Morgan fingerprint density at radius 2 is 2.28 bits per heavy atom. The van der Waals surface area contributed by atoms with Gasteiger partial charge in [0.05, 0.1) is 6.33 Å². The largest absolute Gasteiger partial charge is 0.316 e. The Bertz CT molecular complexity index is 484. The summed E-state index contributed by atoms with van der Waals surface area (Å²) >= 11 is 0. The van der Waals surface area contributed by atoms with Gasteiger partial charge in [-0.25, -0.2) is 4.98 Å². The third-order valence-corrected chi connectivity index (χ3v) is 3.68. The number of imidazole rings is 1. The van der Waals surface area contributed by atoms with Crippen LogP contribution in [0.1, 0.15) is 18.4 Å². The van der Waals surface area contributed by atoms with Crippen LogP contribution in [0.4, 0.5) is 0 Å². The van der Waals surface area contributed by atoms with Gasteiger partial charge in [0, 0.05) is 18.1 Å². The molecule has 0 saturated carbocycles. The molecule has 2 heterocycles. The van der Waals surface area contributed by atoms with Crippen LogP contribution in [-0.2, 0) is 6.42 Å². The zero-order valence-corrected chi connectivity index (χ0v) is 10.5. The van der Waals surface area contributed by atoms with Crippen molar-refractivity contribution in [1.82, 2.24) is 14.9 Å². The minimum Gasteiger partial charge on any atom is -0.316 e. The van der Waals surface area contributed by atoms with Crippen LogP contribution in [0.25, 0.3) is 5.69 Å². The van der Waals surface area contributed by atoms with Gasteiger partial charge in [0.25, 0.3) is 0 Å². The Labute approximate surface area is 108 Å². The van der Waals surface area contributed by atoms with Gasteiger partial charge in [0.15, 0.2) is 0 Å². The van der Waals surface area contributed by atoms with E-state index in [9.17, 15) is 0 Å². The van der Waals surface area contributed by atoms with E-state index in [2.05, 4.69) is 39.1 Å². The van der Waals surface area contributed by atoms with Crippen molar-refractivity contribution in [3.63, 3.8) is 0 Å². The van der Waals surface area contributed by atoms with Gasteiger partial charge in [-0.05, 0) is 49.9 Å². The van der Waals surface area contributed by atoms with Crippen LogP contribution >= 0.6 is 0 Å². The molecule has 0 aliphatic carbocycles. The van der Waals surface area contributed by atoms with Crippen molar-refractivity contribution >= 4 is 0 Å². The molecule has 1 aliphatic rings. The molecule has 2 aromatic rings. The highest BCUT2D eigenvalue weighted by Crippen LogP contribution is 2.21. The Kier molecular flexibility index (Phi) is 3.42. The minimum atomic E-state index is 0.767. The lowest BCUT2D eigenvalue weighted by molar-refractivity contribution is 0.376. The lowest BCUT2D eigenvalue weighted by Gasteiger charge is -2.23. The predicted molar refractivity (Wildman–Crippen MR) is 72.9 cm³/mol. The van der Waals surface area contributed by atoms with E-state index in [4.69, 9.17) is 0 Å². The van der Waals surface area contributed by atoms with Gasteiger partial charge in [0.1, 0.15) is 0 Å². The second-order valence-corrected chi connectivity index (χ2v) is 5.02. The van der Waals surface area contributed by atoms with Crippen LogP contribution in [0.2, 0.25) is 0 Å². The molecule has 0 amide bonds. The SMILES string of the molecule is c1ccc(-n2ccnc2)c(CC2CCCNC2)c1. The van der Waals surface area contributed by atoms with Gasteiger partial charge in [0.2, 0.25) is 0 Å². The summed E-state index contributed by atoms with van der Waals surface area (Å²) in [6.07, 6.45) is 9.51. The van der Waals surface area contributed by atoms with Crippen LogP contribution < -0.4 is 5.32 Å². The van der Waals surface area contributed by atoms with Crippen molar-refractivity contribution in [2.45, 2.75) is 19.3 Å². The third kappa shape index (κ3) is 2.46. The molecule has 1 fully saturated rings. The first-order valence-electron chi connectivity index (χ1n) is 6.70. The van der Waals surface area contributed by atoms with E-state index in [1.165, 1.54) is 30.6 Å². The van der Waals surface area contributed by atoms with Gasteiger partial charge in [-0.2, -0.15) is 0 Å². The van der Waals surface area contributed by atoms with E-state index < -0.39 is 0 Å². The number of para-hydroxylation sites is 1. The molecular weight excluding hydrogens is 222 g/mol. The fourth-order valence-electron chi connectivity index (χ4n) is 2.75. The first-order valence-corrected chi connectivity index (χ1v) is 6.70. The van der Waals surface area contributed by atoms with Crippen molar-refractivity contribution in [2.75, 3.05) is 13.1 Å². The first-order chi connectivity index (χ1) is 8.93. The Morgan fingerprint density at radius 1 is 1.33 bits per heavy atom. The van der Waals surface area contributed by atoms with Crippen LogP contribution in [0.15, 0.2) is 43.0 Å². The van der Waals surface area contributed by atoms with E-state index in [0.29, 0.717) is 0 Å². The molecule has 1 N–H and O–H groups in total. The number of nitrogens with zero attached hydrogens (tertiary/aromatic N) is 2. The van der Waals surface area contributed by atoms with Crippen molar-refractivity contribution in [3.05, 3.63) is 48.5 Å². The molecule has 1 unspecified atom stereocenters. The van der Waals surface area contributed by atoms with Crippen LogP contribution in [0, 0.1) is 5.92 Å². The summed E-state index contributed by atoms with van der Waals surface area (Å²) in [6, 6.07) is 8.64. The first kappa shape index (κ1) is 11.5. The summed E-state index contributed by atoms with van der Waals surface area (Å²) in [4.78, 5) is 4.14. The molecule has 1 aromatic carbocycles. The monoisotopic (exact) mass is 241 g/mol. The highest BCUT2D eigenvalue weighted by molar-refractivity contribution is 5.41. The predicted octanol–water partition coefficient (Wildman–Crippen LogP) is 2.41. The van der Waals surface area contributed by atoms with E-state index >= 15 is 0 Å². The summed E-state index contributed by atoms with van der Waals surface area (Å²) in [5.74, 6) is 0.767. The van der Waals surface area contributed by atoms with Crippen molar-refractivity contribution in [1.29, 1.82) is 0 Å². The molecule has 1 saturated heterocycles. The number of benzene rings is 1. The molecule has 3 nitrogen and oxygen atoms in total. The van der Waals surface area contributed by atoms with E-state index in [1.54, 1.807) is 0 Å². The molecule has 18 heavy (non-hydrogen) atoms. The lowest BCUT2D eigenvalue weighted by atomic mass is 9.91. The summed E-state index contributed by atoms with van der Waals surface area (Å²) in [6.45, 7) is 2.33. The number of rotatable bonds is 3. The van der Waals surface area contributed by atoms with Gasteiger partial charge in [-0.1, -0.05) is 18.2 Å². The molecule has 3 rings (SSSR count). The average molecular weight is 241 g/mol. The molecule has 94 valence electrons. The number of nitrogens with one attached hydrogen (secondary N) is 1. The maximum absolute atomic E-state index is 4.14. The summed E-state index contributed by atoms with van der Waals surface area (Å²) in [5, 5.41) is 3.49. The number of piperidine rings is 1. The van der Waals surface area contributed by atoms with E-state index in [1.807, 2.05) is 18.7 Å². The van der Waals surface area contributed by atoms with Crippen LogP contribution in [-0.4, -0.2) is 22.6 Å². The quantitative estimate of drug-likeness (QED) is 0.894. The zero-order chi connectivity index (χ0) is 12.2. The molecule has 0 spiro atoms. The highest BCUT2D eigenvalue weighted by Gasteiger charge is 2.15. The second-order valence-electron chi connectivity index (χ2n) is 5.02. The zero-order valence-electron chi connectivity index (χ0n) is 10.5. The summed E-state index contributed by atoms with van der Waals surface area (Å²) < 4.78 is 2.10. The molecule has 0 radical (unpaired) electrons. The summed E-state index contributed by atoms with van der Waals surface area (Å²) in [5.41, 5.74) is 2.68. The summed E-state index contributed by atoms with van der Waals surface area (Å²) in [7, 11) is 0. The maximum Gasteiger partial charge on any atom is 0.0991 e. The number of hydrogen-bond acceptors (Lipinski definition) is 2. The smallest absolute Gasteiger partial charge is 0.0991 e. The van der Waals surface area contributed by atoms with Gasteiger partial charge < -0.3 is 9.88 Å². The molecule has 3 heteroatoms. The Hall–Kier alpha value is -1.61. The van der Waals surface area contributed by atoms with Gasteiger partial charge in [-0.15, -0.1) is 0 Å². The molecule has 0 bridgehead atoms. The van der Waals surface area contributed by atoms with Crippen LogP contribution in [0.5, 0.6) is 0 Å². The average Bonchev–Trinajstić information content (AvgIpc) is 2.94. The molecule has 1 aliphatic heterocycles. The lowest BCUT2D eigenvalue weighted by Crippen LogP contribution is -2.31. The number of hydrogen-bond donors (Lipinski definition) is 1. The Balaban J connectivity index is 1.83. The Morgan fingerprint density at radius 3 is 3.06 bits per heavy atom. The molecular formula is C15H19N3. The third-order valence-electron chi connectivity index (χ3n) is 3.68. The van der Waals surface area contributed by atoms with Crippen molar-refractivity contribution in [2.24, 2.45) is 5.92 Å². The number of aromatic nitrogens is 2. The topological polar surface area (TPSA) is 29.9 Å². The van der Waals surface area contributed by atoms with Crippen molar-refractivity contribution in [3.8, 4) is 5.69 Å². The van der Waals surface area contributed by atoms with Gasteiger partial charge >= 0.3 is 0 Å². The van der Waals surface area contributed by atoms with Crippen molar-refractivity contribution < 1.29 is 0 Å². The highest BCUT2D eigenvalue weighted by atomic mass is 15.0. The van der Waals surface area contributed by atoms with E-state index in [0.717, 1.165) is 18.9 Å². The second kappa shape index (κ2) is 5.36.